The summed E-state index contributed by atoms with van der Waals surface area (Å²) in [6, 6.07) is 13.8. The van der Waals surface area contributed by atoms with E-state index in [1.807, 2.05) is 48.7 Å². The van der Waals surface area contributed by atoms with Gasteiger partial charge in [-0.15, -0.1) is 0 Å². The Morgan fingerprint density at radius 2 is 2.05 bits per heavy atom. The first-order valence-electron chi connectivity index (χ1n) is 6.13. The molecule has 2 aromatic heterocycles. The molecule has 0 bridgehead atoms. The normalized spacial score (nSPS) is 10.6. The predicted molar refractivity (Wildman–Crippen MR) is 75.1 cm³/mol. The third-order valence-electron chi connectivity index (χ3n) is 2.95. The lowest BCUT2D eigenvalue weighted by Gasteiger charge is -2.04. The van der Waals surface area contributed by atoms with Crippen LogP contribution in [0.1, 0.15) is 5.56 Å². The molecule has 2 heterocycles. The molecule has 0 spiro atoms. The maximum atomic E-state index is 5.66. The Hall–Kier alpha value is -2.46. The highest BCUT2D eigenvalue weighted by atomic mass is 14.9. The van der Waals surface area contributed by atoms with Gasteiger partial charge in [0.25, 0.3) is 0 Å². The van der Waals surface area contributed by atoms with Crippen LogP contribution in [0.15, 0.2) is 54.9 Å². The van der Waals surface area contributed by atoms with E-state index >= 15 is 0 Å². The van der Waals surface area contributed by atoms with Crippen LogP contribution in [0, 0.1) is 0 Å². The first-order chi connectivity index (χ1) is 9.36. The van der Waals surface area contributed by atoms with Gasteiger partial charge in [-0.2, -0.15) is 0 Å². The largest absolute Gasteiger partial charge is 0.360 e. The van der Waals surface area contributed by atoms with E-state index in [0.717, 1.165) is 22.5 Å². The second kappa shape index (κ2) is 5.04. The van der Waals surface area contributed by atoms with Crippen molar-refractivity contribution in [1.29, 1.82) is 0 Å². The molecule has 0 aliphatic heterocycles. The lowest BCUT2D eigenvalue weighted by atomic mass is 10.1. The van der Waals surface area contributed by atoms with E-state index < -0.39 is 0 Å². The zero-order valence-electron chi connectivity index (χ0n) is 10.4. The Morgan fingerprint density at radius 1 is 1.11 bits per heavy atom. The highest BCUT2D eigenvalue weighted by Gasteiger charge is 2.05. The van der Waals surface area contributed by atoms with Crippen molar-refractivity contribution in [2.75, 3.05) is 0 Å². The molecule has 4 nitrogen and oxygen atoms in total. The number of aromatic amines is 1. The van der Waals surface area contributed by atoms with Gasteiger partial charge >= 0.3 is 0 Å². The van der Waals surface area contributed by atoms with Gasteiger partial charge in [0.05, 0.1) is 11.4 Å². The van der Waals surface area contributed by atoms with Gasteiger partial charge in [0.1, 0.15) is 0 Å². The van der Waals surface area contributed by atoms with Crippen LogP contribution in [0.5, 0.6) is 0 Å². The molecule has 19 heavy (non-hydrogen) atoms. The summed E-state index contributed by atoms with van der Waals surface area (Å²) < 4.78 is 0. The van der Waals surface area contributed by atoms with Crippen LogP contribution in [0.25, 0.3) is 22.8 Å². The summed E-state index contributed by atoms with van der Waals surface area (Å²) in [5.74, 6) is 0.711. The Balaban J connectivity index is 2.03. The second-order valence-electron chi connectivity index (χ2n) is 4.25. The first-order valence-corrected chi connectivity index (χ1v) is 6.13. The molecular weight excluding hydrogens is 236 g/mol. The summed E-state index contributed by atoms with van der Waals surface area (Å²) in [4.78, 5) is 12.1. The lowest BCUT2D eigenvalue weighted by Crippen LogP contribution is -1.97. The number of nitrogens with zero attached hydrogens (tertiary/aromatic N) is 2. The van der Waals surface area contributed by atoms with Crippen LogP contribution in [0.4, 0.5) is 0 Å². The monoisotopic (exact) mass is 250 g/mol. The molecule has 94 valence electrons. The van der Waals surface area contributed by atoms with Crippen LogP contribution in [0.2, 0.25) is 0 Å². The third kappa shape index (κ3) is 2.39. The second-order valence-corrected chi connectivity index (χ2v) is 4.25. The van der Waals surface area contributed by atoms with Crippen molar-refractivity contribution in [3.8, 4) is 22.8 Å². The molecule has 0 aliphatic rings. The summed E-state index contributed by atoms with van der Waals surface area (Å²) in [6.07, 6.45) is 3.65. The molecule has 0 aliphatic carbocycles. The molecule has 0 unspecified atom stereocenters. The third-order valence-corrected chi connectivity index (χ3v) is 2.95. The minimum Gasteiger partial charge on any atom is -0.360 e. The Kier molecular flexibility index (Phi) is 3.08. The van der Waals surface area contributed by atoms with E-state index in [4.69, 9.17) is 5.73 Å². The zero-order valence-corrected chi connectivity index (χ0v) is 10.4. The molecule has 0 saturated heterocycles. The summed E-state index contributed by atoms with van der Waals surface area (Å²) in [7, 11) is 0. The average molecular weight is 250 g/mol. The zero-order chi connectivity index (χ0) is 13.1. The molecule has 0 amide bonds. The van der Waals surface area contributed by atoms with Gasteiger partial charge < -0.3 is 10.7 Å². The maximum absolute atomic E-state index is 5.66. The van der Waals surface area contributed by atoms with Gasteiger partial charge in [0.2, 0.25) is 0 Å². The molecule has 4 heteroatoms. The molecule has 3 aromatic rings. The molecule has 0 fully saturated rings. The van der Waals surface area contributed by atoms with E-state index in [2.05, 4.69) is 15.0 Å². The fourth-order valence-corrected chi connectivity index (χ4v) is 1.97. The summed E-state index contributed by atoms with van der Waals surface area (Å²) in [5, 5.41) is 0. The number of hydrogen-bond acceptors (Lipinski definition) is 3. The minimum atomic E-state index is 0.518. The molecule has 0 radical (unpaired) electrons. The smallest absolute Gasteiger partial charge is 0.159 e. The van der Waals surface area contributed by atoms with Crippen molar-refractivity contribution in [3.63, 3.8) is 0 Å². The summed E-state index contributed by atoms with van der Waals surface area (Å²) in [5.41, 5.74) is 9.58. The Labute approximate surface area is 111 Å². The van der Waals surface area contributed by atoms with E-state index in [1.54, 1.807) is 6.20 Å². The molecule has 0 saturated carbocycles. The van der Waals surface area contributed by atoms with Crippen molar-refractivity contribution < 1.29 is 0 Å². The summed E-state index contributed by atoms with van der Waals surface area (Å²) >= 11 is 0. The fourth-order valence-electron chi connectivity index (χ4n) is 1.97. The number of hydrogen-bond donors (Lipinski definition) is 2. The Morgan fingerprint density at radius 3 is 2.84 bits per heavy atom. The quantitative estimate of drug-likeness (QED) is 0.750. The number of benzene rings is 1. The summed E-state index contributed by atoms with van der Waals surface area (Å²) in [6.45, 7) is 0.518. The average Bonchev–Trinajstić information content (AvgIpc) is 3.02. The maximum Gasteiger partial charge on any atom is 0.159 e. The van der Waals surface area contributed by atoms with Gasteiger partial charge in [-0.3, -0.25) is 0 Å². The number of rotatable bonds is 3. The van der Waals surface area contributed by atoms with Crippen LogP contribution >= 0.6 is 0 Å². The minimum absolute atomic E-state index is 0.518. The number of nitrogens with two attached hydrogens (primary N) is 1. The van der Waals surface area contributed by atoms with Crippen molar-refractivity contribution >= 4 is 0 Å². The number of aromatic nitrogens is 3. The van der Waals surface area contributed by atoms with E-state index in [9.17, 15) is 0 Å². The van der Waals surface area contributed by atoms with E-state index in [1.165, 1.54) is 0 Å². The van der Waals surface area contributed by atoms with Crippen LogP contribution in [-0.2, 0) is 6.54 Å². The molecule has 3 rings (SSSR count). The molecule has 3 N–H and O–H groups in total. The van der Waals surface area contributed by atoms with Crippen molar-refractivity contribution in [3.05, 3.63) is 60.4 Å². The topological polar surface area (TPSA) is 67.6 Å². The van der Waals surface area contributed by atoms with Gasteiger partial charge in [-0.05, 0) is 29.8 Å². The Bertz CT molecular complexity index is 674. The highest BCUT2D eigenvalue weighted by molar-refractivity contribution is 5.61. The van der Waals surface area contributed by atoms with Gasteiger partial charge in [-0.25, -0.2) is 9.97 Å². The number of H-pyrrole nitrogens is 1. The predicted octanol–water partition coefficient (Wildman–Crippen LogP) is 2.60. The van der Waals surface area contributed by atoms with Crippen LogP contribution in [-0.4, -0.2) is 15.0 Å². The first kappa shape index (κ1) is 11.6. The van der Waals surface area contributed by atoms with Gasteiger partial charge in [0.15, 0.2) is 5.82 Å². The molecule has 1 aromatic carbocycles. The van der Waals surface area contributed by atoms with Crippen LogP contribution in [0.3, 0.4) is 0 Å². The standard InChI is InChI=1S/C15H14N4/c16-10-11-3-1-4-12(9-11)15-18-8-6-14(19-15)13-5-2-7-17-13/h1-9,17H,10,16H2. The molecular formula is C15H14N4. The molecule has 0 atom stereocenters. The highest BCUT2D eigenvalue weighted by Crippen LogP contribution is 2.20. The van der Waals surface area contributed by atoms with Gasteiger partial charge in [0, 0.05) is 24.5 Å². The van der Waals surface area contributed by atoms with E-state index in [-0.39, 0.29) is 0 Å². The van der Waals surface area contributed by atoms with Crippen molar-refractivity contribution in [2.24, 2.45) is 5.73 Å². The van der Waals surface area contributed by atoms with Crippen molar-refractivity contribution in [1.82, 2.24) is 15.0 Å². The number of nitrogens with one attached hydrogen (secondary N) is 1. The fraction of sp³-hybridized carbons (Fsp3) is 0.0667. The lowest BCUT2D eigenvalue weighted by molar-refractivity contribution is 1.07. The SMILES string of the molecule is NCc1cccc(-c2nccc(-c3ccc[nH]3)n2)c1. The van der Waals surface area contributed by atoms with Crippen LogP contribution < -0.4 is 5.73 Å². The van der Waals surface area contributed by atoms with Gasteiger partial charge in [-0.1, -0.05) is 18.2 Å². The van der Waals surface area contributed by atoms with E-state index in [0.29, 0.717) is 12.4 Å². The van der Waals surface area contributed by atoms with Crippen molar-refractivity contribution in [2.45, 2.75) is 6.54 Å².